The van der Waals surface area contributed by atoms with Crippen molar-refractivity contribution in [2.45, 2.75) is 25.4 Å². The minimum absolute atomic E-state index is 0.0856. The number of nitrogens with zero attached hydrogens (tertiary/aromatic N) is 1. The summed E-state index contributed by atoms with van der Waals surface area (Å²) >= 11 is 0. The summed E-state index contributed by atoms with van der Waals surface area (Å²) in [5.41, 5.74) is 0.995. The summed E-state index contributed by atoms with van der Waals surface area (Å²) in [6, 6.07) is 8.33. The van der Waals surface area contributed by atoms with Crippen molar-refractivity contribution in [2.75, 3.05) is 20.3 Å². The summed E-state index contributed by atoms with van der Waals surface area (Å²) in [6.07, 6.45) is 0.0856. The first-order valence-electron chi connectivity index (χ1n) is 7.80. The maximum absolute atomic E-state index is 12.3. The van der Waals surface area contributed by atoms with E-state index >= 15 is 0 Å². The molecule has 2 amide bonds. The smallest absolute Gasteiger partial charge is 0.328 e. The van der Waals surface area contributed by atoms with Gasteiger partial charge in [-0.2, -0.15) is 0 Å². The van der Waals surface area contributed by atoms with Crippen LogP contribution in [0.4, 0.5) is 0 Å². The monoisotopic (exact) mass is 334 g/mol. The van der Waals surface area contributed by atoms with Crippen LogP contribution in [0.3, 0.4) is 0 Å². The molecule has 0 bridgehead atoms. The maximum atomic E-state index is 12.3. The number of rotatable bonds is 7. The number of benzene rings is 1. The van der Waals surface area contributed by atoms with Crippen molar-refractivity contribution >= 4 is 17.8 Å². The van der Waals surface area contributed by atoms with Crippen LogP contribution in [0.5, 0.6) is 0 Å². The number of hydrogen-bond donors (Lipinski definition) is 2. The van der Waals surface area contributed by atoms with Gasteiger partial charge in [0, 0.05) is 20.1 Å². The molecule has 1 heterocycles. The molecule has 0 aliphatic carbocycles. The molecule has 0 spiro atoms. The molecule has 2 N–H and O–H groups in total. The minimum atomic E-state index is -1.16. The summed E-state index contributed by atoms with van der Waals surface area (Å²) in [4.78, 5) is 37.3. The lowest BCUT2D eigenvalue weighted by atomic mass is 10.1. The summed E-state index contributed by atoms with van der Waals surface area (Å²) in [5, 5.41) is 11.5. The van der Waals surface area contributed by atoms with Crippen LogP contribution in [-0.4, -0.2) is 54.1 Å². The molecule has 1 aromatic carbocycles. The fourth-order valence-electron chi connectivity index (χ4n) is 2.82. The Bertz CT molecular complexity index is 604. The quantitative estimate of drug-likeness (QED) is 0.769. The SMILES string of the molecule is COCC(NC(=O)C1CC(=O)N(C(C)c2ccccc2)C1)C(=O)O. The van der Waals surface area contributed by atoms with Crippen LogP contribution in [0, 0.1) is 5.92 Å². The Morgan fingerprint density at radius 3 is 2.62 bits per heavy atom. The van der Waals surface area contributed by atoms with Gasteiger partial charge in [-0.05, 0) is 12.5 Å². The Balaban J connectivity index is 2.01. The molecule has 0 saturated carbocycles. The first-order valence-corrected chi connectivity index (χ1v) is 7.80. The molecular formula is C17H22N2O5. The first-order chi connectivity index (χ1) is 11.4. The van der Waals surface area contributed by atoms with Crippen molar-refractivity contribution in [3.63, 3.8) is 0 Å². The molecule has 1 aliphatic rings. The predicted molar refractivity (Wildman–Crippen MR) is 86.1 cm³/mol. The summed E-state index contributed by atoms with van der Waals surface area (Å²) in [5.74, 6) is -2.26. The molecular weight excluding hydrogens is 312 g/mol. The van der Waals surface area contributed by atoms with Gasteiger partial charge >= 0.3 is 5.97 Å². The van der Waals surface area contributed by atoms with Crippen LogP contribution in [0.1, 0.15) is 24.9 Å². The van der Waals surface area contributed by atoms with Gasteiger partial charge in [-0.1, -0.05) is 30.3 Å². The largest absolute Gasteiger partial charge is 0.480 e. The third-order valence-corrected chi connectivity index (χ3v) is 4.23. The number of carboxylic acid groups (broad SMARTS) is 1. The van der Waals surface area contributed by atoms with E-state index in [0.717, 1.165) is 5.56 Å². The van der Waals surface area contributed by atoms with Crippen molar-refractivity contribution < 1.29 is 24.2 Å². The van der Waals surface area contributed by atoms with Crippen molar-refractivity contribution in [3.05, 3.63) is 35.9 Å². The second-order valence-electron chi connectivity index (χ2n) is 5.89. The van der Waals surface area contributed by atoms with E-state index in [2.05, 4.69) is 5.32 Å². The number of methoxy groups -OCH3 is 1. The molecule has 2 rings (SSSR count). The van der Waals surface area contributed by atoms with Gasteiger partial charge in [-0.15, -0.1) is 0 Å². The van der Waals surface area contributed by atoms with E-state index in [1.807, 2.05) is 37.3 Å². The van der Waals surface area contributed by atoms with E-state index in [0.29, 0.717) is 0 Å². The van der Waals surface area contributed by atoms with Crippen LogP contribution in [-0.2, 0) is 19.1 Å². The standard InChI is InChI=1S/C17H22N2O5/c1-11(12-6-4-3-5-7-12)19-9-13(8-15(19)20)16(21)18-14(10-24-2)17(22)23/h3-7,11,13-14H,8-10H2,1-2H3,(H,18,21)(H,22,23). The van der Waals surface area contributed by atoms with Crippen molar-refractivity contribution in [1.82, 2.24) is 10.2 Å². The van der Waals surface area contributed by atoms with Crippen LogP contribution in [0.2, 0.25) is 0 Å². The average Bonchev–Trinajstić information content (AvgIpc) is 2.96. The minimum Gasteiger partial charge on any atom is -0.480 e. The number of hydrogen-bond acceptors (Lipinski definition) is 4. The number of aliphatic carboxylic acids is 1. The van der Waals surface area contributed by atoms with Gasteiger partial charge in [-0.3, -0.25) is 9.59 Å². The molecule has 0 aromatic heterocycles. The first kappa shape index (κ1) is 17.9. The normalized spacial score (nSPS) is 19.8. The number of carboxylic acids is 1. The number of carbonyl (C=O) groups excluding carboxylic acids is 2. The summed E-state index contributed by atoms with van der Waals surface area (Å²) in [7, 11) is 1.37. The van der Waals surface area contributed by atoms with Crippen molar-refractivity contribution in [3.8, 4) is 0 Å². The Labute approximate surface area is 140 Å². The zero-order chi connectivity index (χ0) is 17.7. The Kier molecular flexibility index (Phi) is 5.92. The van der Waals surface area contributed by atoms with E-state index in [4.69, 9.17) is 9.84 Å². The zero-order valence-electron chi connectivity index (χ0n) is 13.8. The second kappa shape index (κ2) is 7.92. The number of carbonyl (C=O) groups is 3. The Morgan fingerprint density at radius 2 is 2.04 bits per heavy atom. The van der Waals surface area contributed by atoms with Gasteiger partial charge in [0.1, 0.15) is 0 Å². The topological polar surface area (TPSA) is 95.9 Å². The number of nitrogens with one attached hydrogen (secondary N) is 1. The molecule has 1 aromatic rings. The average molecular weight is 334 g/mol. The predicted octanol–water partition coefficient (Wildman–Crippen LogP) is 0.812. The fraction of sp³-hybridized carbons (Fsp3) is 0.471. The molecule has 3 unspecified atom stereocenters. The maximum Gasteiger partial charge on any atom is 0.328 e. The summed E-state index contributed by atoms with van der Waals surface area (Å²) in [6.45, 7) is 2.07. The highest BCUT2D eigenvalue weighted by atomic mass is 16.5. The van der Waals surface area contributed by atoms with Crippen LogP contribution < -0.4 is 5.32 Å². The van der Waals surface area contributed by atoms with E-state index in [9.17, 15) is 14.4 Å². The number of ether oxygens (including phenoxy) is 1. The number of likely N-dealkylation sites (tertiary alicyclic amines) is 1. The van der Waals surface area contributed by atoms with E-state index in [1.54, 1.807) is 4.90 Å². The molecule has 24 heavy (non-hydrogen) atoms. The van der Waals surface area contributed by atoms with E-state index < -0.39 is 23.8 Å². The Hall–Kier alpha value is -2.41. The molecule has 0 radical (unpaired) electrons. The van der Waals surface area contributed by atoms with Crippen molar-refractivity contribution in [2.24, 2.45) is 5.92 Å². The fourth-order valence-corrected chi connectivity index (χ4v) is 2.82. The zero-order valence-corrected chi connectivity index (χ0v) is 13.8. The van der Waals surface area contributed by atoms with Crippen LogP contribution in [0.15, 0.2) is 30.3 Å². The highest BCUT2D eigenvalue weighted by Crippen LogP contribution is 2.28. The molecule has 1 fully saturated rings. The third kappa shape index (κ3) is 4.11. The Morgan fingerprint density at radius 1 is 1.38 bits per heavy atom. The van der Waals surface area contributed by atoms with Gasteiger partial charge < -0.3 is 20.1 Å². The van der Waals surface area contributed by atoms with Gasteiger partial charge in [-0.25, -0.2) is 4.79 Å². The highest BCUT2D eigenvalue weighted by Gasteiger charge is 2.38. The molecule has 7 heteroatoms. The highest BCUT2D eigenvalue weighted by molar-refractivity contribution is 5.91. The van der Waals surface area contributed by atoms with E-state index in [-0.39, 0.29) is 31.5 Å². The lowest BCUT2D eigenvalue weighted by molar-refractivity contribution is -0.143. The third-order valence-electron chi connectivity index (χ3n) is 4.23. The van der Waals surface area contributed by atoms with Gasteiger partial charge in [0.05, 0.1) is 18.6 Å². The van der Waals surface area contributed by atoms with Gasteiger partial charge in [0.2, 0.25) is 11.8 Å². The van der Waals surface area contributed by atoms with Gasteiger partial charge in [0.25, 0.3) is 0 Å². The lowest BCUT2D eigenvalue weighted by Crippen LogP contribution is -2.46. The molecule has 1 saturated heterocycles. The van der Waals surface area contributed by atoms with E-state index in [1.165, 1.54) is 7.11 Å². The second-order valence-corrected chi connectivity index (χ2v) is 5.89. The molecule has 3 atom stereocenters. The van der Waals surface area contributed by atoms with Crippen molar-refractivity contribution in [1.29, 1.82) is 0 Å². The number of amides is 2. The molecule has 1 aliphatic heterocycles. The van der Waals surface area contributed by atoms with Gasteiger partial charge in [0.15, 0.2) is 6.04 Å². The summed E-state index contributed by atoms with van der Waals surface area (Å²) < 4.78 is 4.79. The lowest BCUT2D eigenvalue weighted by Gasteiger charge is -2.25. The molecule has 130 valence electrons. The van der Waals surface area contributed by atoms with Crippen LogP contribution >= 0.6 is 0 Å². The molecule has 7 nitrogen and oxygen atoms in total. The van der Waals surface area contributed by atoms with Crippen LogP contribution in [0.25, 0.3) is 0 Å².